The zero-order valence-corrected chi connectivity index (χ0v) is 17.0. The second-order valence-corrected chi connectivity index (χ2v) is 7.47. The smallest absolute Gasteiger partial charge is 0.275 e. The first-order valence-corrected chi connectivity index (χ1v) is 9.94. The molecule has 0 bridgehead atoms. The highest BCUT2D eigenvalue weighted by molar-refractivity contribution is 5.92. The Hall–Kier alpha value is -3.00. The number of aryl methyl sites for hydroxylation is 3. The summed E-state index contributed by atoms with van der Waals surface area (Å²) in [6.45, 7) is 7.63. The number of aromatic nitrogens is 5. The number of carbonyl (C=O) groups is 1. The number of hydrogen-bond acceptors (Lipinski definition) is 5. The van der Waals surface area contributed by atoms with Crippen LogP contribution in [0.2, 0.25) is 0 Å². The van der Waals surface area contributed by atoms with Gasteiger partial charge in [0.15, 0.2) is 5.82 Å². The first-order chi connectivity index (χ1) is 14.0. The van der Waals surface area contributed by atoms with Gasteiger partial charge in [-0.15, -0.1) is 0 Å². The van der Waals surface area contributed by atoms with E-state index in [0.29, 0.717) is 31.1 Å². The Morgan fingerprint density at radius 2 is 2.17 bits per heavy atom. The van der Waals surface area contributed by atoms with Crippen LogP contribution in [0.25, 0.3) is 0 Å². The van der Waals surface area contributed by atoms with Crippen LogP contribution in [0.15, 0.2) is 36.5 Å². The predicted molar refractivity (Wildman–Crippen MR) is 107 cm³/mol. The number of nitrogens with one attached hydrogen (secondary N) is 1. The van der Waals surface area contributed by atoms with Crippen LogP contribution < -0.4 is 0 Å². The van der Waals surface area contributed by atoms with Gasteiger partial charge in [-0.2, -0.15) is 10.2 Å². The third-order valence-electron chi connectivity index (χ3n) is 5.19. The molecule has 152 valence electrons. The van der Waals surface area contributed by atoms with Gasteiger partial charge in [0, 0.05) is 25.7 Å². The number of ether oxygens (including phenoxy) is 1. The molecule has 1 amide bonds. The molecule has 4 rings (SSSR count). The molecule has 8 heteroatoms. The molecule has 0 unspecified atom stereocenters. The summed E-state index contributed by atoms with van der Waals surface area (Å²) >= 11 is 0. The number of hydrogen-bond donors (Lipinski definition) is 1. The number of rotatable bonds is 6. The summed E-state index contributed by atoms with van der Waals surface area (Å²) in [5.41, 5.74) is 2.76. The number of amides is 1. The largest absolute Gasteiger partial charge is 0.372 e. The van der Waals surface area contributed by atoms with E-state index < -0.39 is 0 Å². The molecule has 1 aliphatic rings. The highest BCUT2D eigenvalue weighted by atomic mass is 16.5. The third kappa shape index (κ3) is 4.22. The van der Waals surface area contributed by atoms with Gasteiger partial charge in [0.1, 0.15) is 11.5 Å². The quantitative estimate of drug-likeness (QED) is 0.694. The number of H-pyrrole nitrogens is 1. The van der Waals surface area contributed by atoms with Crippen LogP contribution in [-0.2, 0) is 17.9 Å². The van der Waals surface area contributed by atoms with E-state index in [4.69, 9.17) is 4.74 Å². The van der Waals surface area contributed by atoms with Crippen molar-refractivity contribution in [1.82, 2.24) is 29.9 Å². The molecule has 1 aromatic carbocycles. The van der Waals surface area contributed by atoms with Gasteiger partial charge in [0.2, 0.25) is 0 Å². The van der Waals surface area contributed by atoms with E-state index in [1.54, 1.807) is 15.6 Å². The summed E-state index contributed by atoms with van der Waals surface area (Å²) in [5.74, 6) is 1.23. The number of nitrogens with zero attached hydrogens (tertiary/aromatic N) is 5. The Labute approximate surface area is 169 Å². The van der Waals surface area contributed by atoms with Crippen LogP contribution in [-0.4, -0.2) is 48.4 Å². The molecular weight excluding hydrogens is 368 g/mol. The van der Waals surface area contributed by atoms with Gasteiger partial charge < -0.3 is 9.64 Å². The highest BCUT2D eigenvalue weighted by Gasteiger charge is 2.40. The van der Waals surface area contributed by atoms with E-state index in [1.807, 2.05) is 26.1 Å². The SMILES string of the molecule is CCn1ccc(C(=O)N2C[C@@H](OCc3cccc(C)c3)C[C@H]2c2n[nH]c(C)n2)n1. The third-order valence-corrected chi connectivity index (χ3v) is 5.19. The Bertz CT molecular complexity index is 994. The first-order valence-electron chi connectivity index (χ1n) is 9.94. The Morgan fingerprint density at radius 1 is 1.31 bits per heavy atom. The molecule has 8 nitrogen and oxygen atoms in total. The van der Waals surface area contributed by atoms with Crippen molar-refractivity contribution in [1.29, 1.82) is 0 Å². The second kappa shape index (κ2) is 8.16. The summed E-state index contributed by atoms with van der Waals surface area (Å²) < 4.78 is 7.91. The molecule has 1 saturated heterocycles. The standard InChI is InChI=1S/C21H26N6O2/c1-4-26-9-8-18(25-26)21(28)27-12-17(11-19(27)20-22-15(3)23-24-20)29-13-16-7-5-6-14(2)10-16/h5-10,17,19H,4,11-13H2,1-3H3,(H,22,23,24)/t17-,19-/m0/s1. The molecule has 0 aliphatic carbocycles. The maximum Gasteiger partial charge on any atom is 0.275 e. The molecule has 3 heterocycles. The summed E-state index contributed by atoms with van der Waals surface area (Å²) in [6.07, 6.45) is 2.39. The summed E-state index contributed by atoms with van der Waals surface area (Å²) in [7, 11) is 0. The van der Waals surface area contributed by atoms with Crippen molar-refractivity contribution in [2.75, 3.05) is 6.54 Å². The number of benzene rings is 1. The maximum atomic E-state index is 13.2. The fourth-order valence-corrected chi connectivity index (χ4v) is 3.71. The van der Waals surface area contributed by atoms with Gasteiger partial charge in [-0.1, -0.05) is 29.8 Å². The summed E-state index contributed by atoms with van der Waals surface area (Å²) in [5, 5.41) is 11.5. The lowest BCUT2D eigenvalue weighted by molar-refractivity contribution is 0.0435. The first kappa shape index (κ1) is 19.3. The van der Waals surface area contributed by atoms with Crippen LogP contribution in [0, 0.1) is 13.8 Å². The van der Waals surface area contributed by atoms with Crippen LogP contribution >= 0.6 is 0 Å². The second-order valence-electron chi connectivity index (χ2n) is 7.47. The van der Waals surface area contributed by atoms with E-state index in [2.05, 4.69) is 45.4 Å². The van der Waals surface area contributed by atoms with Crippen LogP contribution in [0.3, 0.4) is 0 Å². The number of carbonyl (C=O) groups excluding carboxylic acids is 1. The topological polar surface area (TPSA) is 88.9 Å². The predicted octanol–water partition coefficient (Wildman–Crippen LogP) is 2.81. The zero-order chi connectivity index (χ0) is 20.4. The average molecular weight is 394 g/mol. The van der Waals surface area contributed by atoms with Gasteiger partial charge in [-0.05, 0) is 32.4 Å². The minimum Gasteiger partial charge on any atom is -0.372 e. The molecule has 2 atom stereocenters. The van der Waals surface area contributed by atoms with Gasteiger partial charge in [0.05, 0.1) is 18.8 Å². The highest BCUT2D eigenvalue weighted by Crippen LogP contribution is 2.33. The fraction of sp³-hybridized carbons (Fsp3) is 0.429. The Balaban J connectivity index is 1.52. The minimum absolute atomic E-state index is 0.0865. The average Bonchev–Trinajstić information content (AvgIpc) is 3.45. The van der Waals surface area contributed by atoms with Gasteiger partial charge in [-0.3, -0.25) is 14.6 Å². The normalized spacial score (nSPS) is 19.1. The molecule has 3 aromatic rings. The molecule has 0 saturated carbocycles. The summed E-state index contributed by atoms with van der Waals surface area (Å²) in [4.78, 5) is 19.4. The van der Waals surface area contributed by atoms with E-state index in [1.165, 1.54) is 5.56 Å². The van der Waals surface area contributed by atoms with Crippen LogP contribution in [0.4, 0.5) is 0 Å². The molecule has 1 N–H and O–H groups in total. The Kier molecular flexibility index (Phi) is 5.44. The zero-order valence-electron chi connectivity index (χ0n) is 17.0. The van der Waals surface area contributed by atoms with E-state index in [0.717, 1.165) is 17.9 Å². The van der Waals surface area contributed by atoms with Crippen molar-refractivity contribution in [3.05, 3.63) is 65.0 Å². The maximum absolute atomic E-state index is 13.2. The van der Waals surface area contributed by atoms with Crippen LogP contribution in [0.1, 0.15) is 52.7 Å². The van der Waals surface area contributed by atoms with Crippen molar-refractivity contribution in [2.45, 2.75) is 52.5 Å². The molecule has 0 radical (unpaired) electrons. The van der Waals surface area contributed by atoms with Crippen molar-refractivity contribution in [3.8, 4) is 0 Å². The van der Waals surface area contributed by atoms with Crippen LogP contribution in [0.5, 0.6) is 0 Å². The minimum atomic E-state index is -0.235. The number of likely N-dealkylation sites (tertiary alicyclic amines) is 1. The Morgan fingerprint density at radius 3 is 2.86 bits per heavy atom. The molecule has 1 fully saturated rings. The fourth-order valence-electron chi connectivity index (χ4n) is 3.71. The lowest BCUT2D eigenvalue weighted by Crippen LogP contribution is -2.33. The van der Waals surface area contributed by atoms with Gasteiger partial charge in [0.25, 0.3) is 5.91 Å². The van der Waals surface area contributed by atoms with Gasteiger partial charge >= 0.3 is 0 Å². The molecular formula is C21H26N6O2. The van der Waals surface area contributed by atoms with Gasteiger partial charge in [-0.25, -0.2) is 4.98 Å². The molecule has 2 aromatic heterocycles. The van der Waals surface area contributed by atoms with E-state index in [-0.39, 0.29) is 18.1 Å². The van der Waals surface area contributed by atoms with Crippen molar-refractivity contribution in [3.63, 3.8) is 0 Å². The lowest BCUT2D eigenvalue weighted by Gasteiger charge is -2.21. The van der Waals surface area contributed by atoms with E-state index in [9.17, 15) is 4.79 Å². The summed E-state index contributed by atoms with van der Waals surface area (Å²) in [6, 6.07) is 9.79. The van der Waals surface area contributed by atoms with E-state index >= 15 is 0 Å². The van der Waals surface area contributed by atoms with Crippen molar-refractivity contribution >= 4 is 5.91 Å². The monoisotopic (exact) mass is 394 g/mol. The molecule has 29 heavy (non-hydrogen) atoms. The molecule has 1 aliphatic heterocycles. The van der Waals surface area contributed by atoms with Crippen molar-refractivity contribution < 1.29 is 9.53 Å². The molecule has 0 spiro atoms. The van der Waals surface area contributed by atoms with Crippen molar-refractivity contribution in [2.24, 2.45) is 0 Å². The number of aromatic amines is 1. The lowest BCUT2D eigenvalue weighted by atomic mass is 10.1.